The van der Waals surface area contributed by atoms with Gasteiger partial charge >= 0.3 is 0 Å². The van der Waals surface area contributed by atoms with Crippen molar-refractivity contribution in [3.05, 3.63) is 139 Å². The van der Waals surface area contributed by atoms with Gasteiger partial charge in [0.25, 0.3) is 0 Å². The molecular weight excluding hydrogens is 514 g/mol. The number of rotatable bonds is 6. The normalized spacial score (nSPS) is 11.3. The van der Waals surface area contributed by atoms with Crippen molar-refractivity contribution in [3.8, 4) is 51.2 Å². The van der Waals surface area contributed by atoms with Crippen LogP contribution in [0.4, 0.5) is 0 Å². The quantitative estimate of drug-likeness (QED) is 0.210. The minimum Gasteiger partial charge on any atom is -0.292 e. The van der Waals surface area contributed by atoms with Crippen LogP contribution < -0.4 is 0 Å². The Morgan fingerprint density at radius 2 is 0.976 bits per heavy atom. The molecule has 5 heteroatoms. The van der Waals surface area contributed by atoms with Crippen molar-refractivity contribution in [2.45, 2.75) is 19.8 Å². The summed E-state index contributed by atoms with van der Waals surface area (Å²) in [5, 5.41) is 0. The van der Waals surface area contributed by atoms with E-state index in [1.807, 2.05) is 66.7 Å². The van der Waals surface area contributed by atoms with Crippen molar-refractivity contribution in [2.75, 3.05) is 0 Å². The lowest BCUT2D eigenvalue weighted by Gasteiger charge is -2.15. The summed E-state index contributed by atoms with van der Waals surface area (Å²) in [5.74, 6) is 3.24. The van der Waals surface area contributed by atoms with Gasteiger partial charge in [-0.25, -0.2) is 19.9 Å². The molecule has 7 aromatic rings. The molecule has 0 fully saturated rings. The van der Waals surface area contributed by atoms with Crippen molar-refractivity contribution in [2.24, 2.45) is 0 Å². The Kier molecular flexibility index (Phi) is 6.61. The topological polar surface area (TPSA) is 56.5 Å². The zero-order chi connectivity index (χ0) is 28.5. The van der Waals surface area contributed by atoms with Crippen LogP contribution in [-0.4, -0.2) is 24.5 Å². The molecule has 5 aromatic carbocycles. The highest BCUT2D eigenvalue weighted by Crippen LogP contribution is 2.34. The van der Waals surface area contributed by atoms with E-state index in [1.54, 1.807) is 0 Å². The average Bonchev–Trinajstić information content (AvgIpc) is 3.45. The first kappa shape index (κ1) is 25.5. The molecule has 42 heavy (non-hydrogen) atoms. The van der Waals surface area contributed by atoms with Crippen LogP contribution in [0.1, 0.15) is 25.3 Å². The van der Waals surface area contributed by atoms with Crippen LogP contribution in [0.25, 0.3) is 62.3 Å². The fourth-order valence-electron chi connectivity index (χ4n) is 5.37. The van der Waals surface area contributed by atoms with E-state index < -0.39 is 0 Å². The standard InChI is InChI=1S/C37H29N5/c1-25(2)30-17-9-10-18-31(30)37-38-32-19-11-12-20-33(32)42(37)29-23-21-28(22-24-29)36-40-34(26-13-5-3-6-14-26)39-35(41-36)27-15-7-4-8-16-27/h3-25H,1-2H3. The lowest BCUT2D eigenvalue weighted by Crippen LogP contribution is -2.02. The molecular formula is C37H29N5. The number of imidazole rings is 1. The van der Waals surface area contributed by atoms with Gasteiger partial charge in [-0.3, -0.25) is 4.57 Å². The molecule has 0 amide bonds. The van der Waals surface area contributed by atoms with E-state index in [0.29, 0.717) is 23.4 Å². The van der Waals surface area contributed by atoms with Crippen LogP contribution in [0.5, 0.6) is 0 Å². The fraction of sp³-hybridized carbons (Fsp3) is 0.0811. The second kappa shape index (κ2) is 10.9. The number of benzene rings is 5. The van der Waals surface area contributed by atoms with Gasteiger partial charge in [0, 0.05) is 27.9 Å². The molecule has 5 nitrogen and oxygen atoms in total. The molecule has 2 aromatic heterocycles. The summed E-state index contributed by atoms with van der Waals surface area (Å²) in [5.41, 5.74) is 8.31. The Balaban J connectivity index is 1.36. The average molecular weight is 544 g/mol. The third-order valence-corrected chi connectivity index (χ3v) is 7.47. The first-order valence-corrected chi connectivity index (χ1v) is 14.2. The lowest BCUT2D eigenvalue weighted by atomic mass is 9.97. The zero-order valence-electron chi connectivity index (χ0n) is 23.5. The second-order valence-electron chi connectivity index (χ2n) is 10.6. The van der Waals surface area contributed by atoms with E-state index in [1.165, 1.54) is 5.56 Å². The summed E-state index contributed by atoms with van der Waals surface area (Å²) in [4.78, 5) is 19.7. The Bertz CT molecular complexity index is 1940. The maximum atomic E-state index is 5.10. The summed E-state index contributed by atoms with van der Waals surface area (Å²) in [7, 11) is 0. The molecule has 0 unspecified atom stereocenters. The van der Waals surface area contributed by atoms with E-state index in [9.17, 15) is 0 Å². The predicted octanol–water partition coefficient (Wildman–Crippen LogP) is 9.00. The van der Waals surface area contributed by atoms with Crippen LogP contribution in [0.2, 0.25) is 0 Å². The molecule has 0 N–H and O–H groups in total. The maximum Gasteiger partial charge on any atom is 0.164 e. The third kappa shape index (κ3) is 4.75. The summed E-state index contributed by atoms with van der Waals surface area (Å²) in [6.45, 7) is 4.45. The van der Waals surface area contributed by atoms with Gasteiger partial charge in [-0.2, -0.15) is 0 Å². The highest BCUT2D eigenvalue weighted by atomic mass is 15.1. The van der Waals surface area contributed by atoms with Gasteiger partial charge in [0.05, 0.1) is 11.0 Å². The van der Waals surface area contributed by atoms with E-state index in [0.717, 1.165) is 44.8 Å². The molecule has 0 spiro atoms. The van der Waals surface area contributed by atoms with Crippen LogP contribution in [0.3, 0.4) is 0 Å². The second-order valence-corrected chi connectivity index (χ2v) is 10.6. The monoisotopic (exact) mass is 543 g/mol. The molecule has 202 valence electrons. The van der Waals surface area contributed by atoms with Crippen LogP contribution in [0.15, 0.2) is 133 Å². The van der Waals surface area contributed by atoms with Crippen molar-refractivity contribution in [3.63, 3.8) is 0 Å². The minimum absolute atomic E-state index is 0.373. The third-order valence-electron chi connectivity index (χ3n) is 7.47. The van der Waals surface area contributed by atoms with Crippen LogP contribution in [-0.2, 0) is 0 Å². The molecule has 0 saturated carbocycles. The highest BCUT2D eigenvalue weighted by Gasteiger charge is 2.18. The predicted molar refractivity (Wildman–Crippen MR) is 170 cm³/mol. The molecule has 0 aliphatic heterocycles. The summed E-state index contributed by atoms with van der Waals surface area (Å²) in [6.07, 6.45) is 0. The summed E-state index contributed by atoms with van der Waals surface area (Å²) < 4.78 is 2.25. The number of fused-ring (bicyclic) bond motifs is 1. The van der Waals surface area contributed by atoms with Crippen LogP contribution >= 0.6 is 0 Å². The molecule has 0 radical (unpaired) electrons. The minimum atomic E-state index is 0.373. The van der Waals surface area contributed by atoms with E-state index in [2.05, 4.69) is 85.1 Å². The van der Waals surface area contributed by atoms with Gasteiger partial charge < -0.3 is 0 Å². The van der Waals surface area contributed by atoms with Gasteiger partial charge in [0.1, 0.15) is 5.82 Å². The number of aromatic nitrogens is 5. The van der Waals surface area contributed by atoms with Gasteiger partial charge in [-0.1, -0.05) is 111 Å². The fourth-order valence-corrected chi connectivity index (χ4v) is 5.37. The van der Waals surface area contributed by atoms with E-state index >= 15 is 0 Å². The Hall–Kier alpha value is -5.42. The summed E-state index contributed by atoms with van der Waals surface area (Å²) >= 11 is 0. The lowest BCUT2D eigenvalue weighted by molar-refractivity contribution is 0.865. The van der Waals surface area contributed by atoms with Crippen molar-refractivity contribution < 1.29 is 0 Å². The van der Waals surface area contributed by atoms with Crippen molar-refractivity contribution in [1.82, 2.24) is 24.5 Å². The molecule has 0 atom stereocenters. The van der Waals surface area contributed by atoms with Crippen molar-refractivity contribution in [1.29, 1.82) is 0 Å². The smallest absolute Gasteiger partial charge is 0.164 e. The number of hydrogen-bond donors (Lipinski definition) is 0. The van der Waals surface area contributed by atoms with Gasteiger partial charge in [-0.05, 0) is 47.9 Å². The molecule has 0 aliphatic rings. The molecule has 7 rings (SSSR count). The number of para-hydroxylation sites is 2. The molecule has 0 aliphatic carbocycles. The molecule has 2 heterocycles. The van der Waals surface area contributed by atoms with E-state index in [-0.39, 0.29) is 0 Å². The number of hydrogen-bond acceptors (Lipinski definition) is 4. The highest BCUT2D eigenvalue weighted by molar-refractivity contribution is 5.84. The maximum absolute atomic E-state index is 5.10. The molecule has 0 saturated heterocycles. The largest absolute Gasteiger partial charge is 0.292 e. The van der Waals surface area contributed by atoms with Gasteiger partial charge in [0.15, 0.2) is 17.5 Å². The van der Waals surface area contributed by atoms with E-state index in [4.69, 9.17) is 19.9 Å². The van der Waals surface area contributed by atoms with Gasteiger partial charge in [-0.15, -0.1) is 0 Å². The zero-order valence-corrected chi connectivity index (χ0v) is 23.5. The first-order chi connectivity index (χ1) is 20.7. The van der Waals surface area contributed by atoms with Crippen LogP contribution in [0, 0.1) is 0 Å². The van der Waals surface area contributed by atoms with Crippen molar-refractivity contribution >= 4 is 11.0 Å². The number of nitrogens with zero attached hydrogens (tertiary/aromatic N) is 5. The molecule has 0 bridgehead atoms. The Morgan fingerprint density at radius 3 is 1.57 bits per heavy atom. The SMILES string of the molecule is CC(C)c1ccccc1-c1nc2ccccc2n1-c1ccc(-c2nc(-c3ccccc3)nc(-c3ccccc3)n2)cc1. The summed E-state index contributed by atoms with van der Waals surface area (Å²) in [6, 6.07) is 45.4. The Labute approximate surface area is 245 Å². The Morgan fingerprint density at radius 1 is 0.476 bits per heavy atom. The first-order valence-electron chi connectivity index (χ1n) is 14.2. The van der Waals surface area contributed by atoms with Gasteiger partial charge in [0.2, 0.25) is 0 Å².